The summed E-state index contributed by atoms with van der Waals surface area (Å²) in [6, 6.07) is 12.4. The number of carbonyl (C=O) groups is 3. The van der Waals surface area contributed by atoms with Crippen LogP contribution in [0.2, 0.25) is 0 Å². The van der Waals surface area contributed by atoms with Gasteiger partial charge < -0.3 is 24.4 Å². The molecule has 186 valence electrons. The number of likely N-dealkylation sites (tertiary alicyclic amines) is 1. The summed E-state index contributed by atoms with van der Waals surface area (Å²) in [5.74, 6) is -1.63. The molecule has 0 saturated carbocycles. The lowest BCUT2D eigenvalue weighted by Crippen LogP contribution is -2.33. The maximum atomic E-state index is 13.2. The fourth-order valence-corrected chi connectivity index (χ4v) is 4.31. The Morgan fingerprint density at radius 2 is 1.71 bits per heavy atom. The minimum absolute atomic E-state index is 0.0110. The van der Waals surface area contributed by atoms with Gasteiger partial charge in [-0.1, -0.05) is 38.1 Å². The number of ether oxygens (including phenoxy) is 2. The Balaban J connectivity index is 2.05. The minimum Gasteiger partial charge on any atom is -0.507 e. The highest BCUT2D eigenvalue weighted by Crippen LogP contribution is 2.40. The van der Waals surface area contributed by atoms with E-state index in [1.54, 1.807) is 48.5 Å². The highest BCUT2D eigenvalue weighted by atomic mass is 16.5. The number of amides is 1. The summed E-state index contributed by atoms with van der Waals surface area (Å²) in [6.45, 7) is 7.06. The maximum Gasteiger partial charge on any atom is 0.337 e. The third-order valence-corrected chi connectivity index (χ3v) is 6.30. The monoisotopic (exact) mass is 480 g/mol. The van der Waals surface area contributed by atoms with Gasteiger partial charge in [0.2, 0.25) is 0 Å². The van der Waals surface area contributed by atoms with E-state index in [0.29, 0.717) is 35.4 Å². The molecule has 35 heavy (non-hydrogen) atoms. The third-order valence-electron chi connectivity index (χ3n) is 6.30. The van der Waals surface area contributed by atoms with Crippen LogP contribution in [0, 0.1) is 0 Å². The number of aliphatic hydroxyl groups is 1. The zero-order valence-electron chi connectivity index (χ0n) is 20.6. The average molecular weight is 481 g/mol. The molecule has 1 atom stereocenters. The molecule has 2 aromatic carbocycles. The molecule has 1 heterocycles. The summed E-state index contributed by atoms with van der Waals surface area (Å²) in [5, 5.41) is 11.2. The van der Waals surface area contributed by atoms with Gasteiger partial charge in [-0.3, -0.25) is 9.59 Å². The summed E-state index contributed by atoms with van der Waals surface area (Å²) in [4.78, 5) is 41.9. The average Bonchev–Trinajstić information content (AvgIpc) is 3.15. The predicted molar refractivity (Wildman–Crippen MR) is 132 cm³/mol. The van der Waals surface area contributed by atoms with Crippen molar-refractivity contribution in [3.8, 4) is 5.75 Å². The Labute approximate surface area is 205 Å². The van der Waals surface area contributed by atoms with Gasteiger partial charge in [-0.05, 0) is 55.9 Å². The molecule has 0 spiro atoms. The topological polar surface area (TPSA) is 96.4 Å². The second-order valence-corrected chi connectivity index (χ2v) is 8.22. The van der Waals surface area contributed by atoms with E-state index in [1.807, 2.05) is 0 Å². The highest BCUT2D eigenvalue weighted by molar-refractivity contribution is 6.46. The summed E-state index contributed by atoms with van der Waals surface area (Å²) in [6.07, 6.45) is 0.671. The smallest absolute Gasteiger partial charge is 0.337 e. The van der Waals surface area contributed by atoms with Gasteiger partial charge in [-0.25, -0.2) is 4.79 Å². The van der Waals surface area contributed by atoms with Crippen LogP contribution in [-0.4, -0.2) is 73.0 Å². The van der Waals surface area contributed by atoms with Crippen LogP contribution < -0.4 is 4.74 Å². The molecule has 1 unspecified atom stereocenters. The molecule has 1 N–H and O–H groups in total. The molecule has 1 amide bonds. The lowest BCUT2D eigenvalue weighted by atomic mass is 9.94. The lowest BCUT2D eigenvalue weighted by Gasteiger charge is -2.27. The van der Waals surface area contributed by atoms with E-state index in [-0.39, 0.29) is 11.3 Å². The van der Waals surface area contributed by atoms with Crippen LogP contribution in [-0.2, 0) is 14.3 Å². The lowest BCUT2D eigenvalue weighted by molar-refractivity contribution is -0.140. The van der Waals surface area contributed by atoms with Crippen molar-refractivity contribution >= 4 is 23.4 Å². The van der Waals surface area contributed by atoms with Gasteiger partial charge in [-0.2, -0.15) is 0 Å². The number of hydrogen-bond acceptors (Lipinski definition) is 7. The van der Waals surface area contributed by atoms with Crippen LogP contribution in [0.3, 0.4) is 0 Å². The molecule has 0 bridgehead atoms. The van der Waals surface area contributed by atoms with Crippen LogP contribution >= 0.6 is 0 Å². The SMILES string of the molecule is CCN(CC)CCCN1C(=O)C(=O)/C(=C(\O)c2cccc(OC)c2)C1c1ccc(C(=O)OC)cc1. The highest BCUT2D eigenvalue weighted by Gasteiger charge is 2.45. The van der Waals surface area contributed by atoms with Crippen LogP contribution in [0.5, 0.6) is 5.75 Å². The van der Waals surface area contributed by atoms with Gasteiger partial charge in [-0.15, -0.1) is 0 Å². The van der Waals surface area contributed by atoms with E-state index in [4.69, 9.17) is 9.47 Å². The number of esters is 1. The zero-order valence-corrected chi connectivity index (χ0v) is 20.6. The summed E-state index contributed by atoms with van der Waals surface area (Å²) < 4.78 is 10.0. The Morgan fingerprint density at radius 1 is 1.03 bits per heavy atom. The zero-order chi connectivity index (χ0) is 25.5. The predicted octanol–water partition coefficient (Wildman–Crippen LogP) is 3.64. The number of Topliss-reactive ketones (excluding diaryl/α,β-unsaturated/α-hetero) is 1. The van der Waals surface area contributed by atoms with Crippen molar-refractivity contribution in [2.75, 3.05) is 40.4 Å². The van der Waals surface area contributed by atoms with Crippen molar-refractivity contribution in [1.82, 2.24) is 9.80 Å². The van der Waals surface area contributed by atoms with Crippen molar-refractivity contribution in [2.24, 2.45) is 0 Å². The molecule has 1 aliphatic rings. The molecular weight excluding hydrogens is 448 g/mol. The molecule has 0 aliphatic carbocycles. The first kappa shape index (κ1) is 26.0. The number of rotatable bonds is 10. The second kappa shape index (κ2) is 11.7. The van der Waals surface area contributed by atoms with E-state index >= 15 is 0 Å². The van der Waals surface area contributed by atoms with Gasteiger partial charge in [0.05, 0.1) is 31.4 Å². The molecule has 1 fully saturated rings. The van der Waals surface area contributed by atoms with Gasteiger partial charge in [0.1, 0.15) is 11.5 Å². The maximum absolute atomic E-state index is 13.2. The standard InChI is InChI=1S/C27H32N2O6/c1-5-28(6-2)15-8-16-29-23(18-11-13-19(14-12-18)27(33)35-4)22(25(31)26(29)32)24(30)20-9-7-10-21(17-20)34-3/h7,9-14,17,23,30H,5-6,8,15-16H2,1-4H3/b24-22-. The van der Waals surface area contributed by atoms with Gasteiger partial charge >= 0.3 is 5.97 Å². The molecule has 8 nitrogen and oxygen atoms in total. The number of carbonyl (C=O) groups excluding carboxylic acids is 3. The van der Waals surface area contributed by atoms with Crippen molar-refractivity contribution in [3.63, 3.8) is 0 Å². The van der Waals surface area contributed by atoms with Crippen molar-refractivity contribution in [1.29, 1.82) is 0 Å². The first-order chi connectivity index (χ1) is 16.9. The van der Waals surface area contributed by atoms with Crippen molar-refractivity contribution < 1.29 is 29.0 Å². The van der Waals surface area contributed by atoms with E-state index in [2.05, 4.69) is 18.7 Å². The number of methoxy groups -OCH3 is 2. The number of aliphatic hydroxyl groups excluding tert-OH is 1. The molecule has 3 rings (SSSR count). The fourth-order valence-electron chi connectivity index (χ4n) is 4.31. The Hall–Kier alpha value is -3.65. The van der Waals surface area contributed by atoms with E-state index in [9.17, 15) is 19.5 Å². The molecule has 0 radical (unpaired) electrons. The Bertz CT molecular complexity index is 1100. The molecule has 2 aromatic rings. The number of benzene rings is 2. The van der Waals surface area contributed by atoms with Crippen molar-refractivity contribution in [3.05, 3.63) is 70.8 Å². The first-order valence-electron chi connectivity index (χ1n) is 11.7. The van der Waals surface area contributed by atoms with Gasteiger partial charge in [0.15, 0.2) is 0 Å². The van der Waals surface area contributed by atoms with E-state index < -0.39 is 23.7 Å². The Morgan fingerprint density at radius 3 is 2.31 bits per heavy atom. The minimum atomic E-state index is -0.787. The molecule has 0 aromatic heterocycles. The largest absolute Gasteiger partial charge is 0.507 e. The van der Waals surface area contributed by atoms with E-state index in [0.717, 1.165) is 19.6 Å². The van der Waals surface area contributed by atoms with Gasteiger partial charge in [0.25, 0.3) is 11.7 Å². The number of nitrogens with zero attached hydrogens (tertiary/aromatic N) is 2. The van der Waals surface area contributed by atoms with Crippen LogP contribution in [0.4, 0.5) is 0 Å². The summed E-state index contributed by atoms with van der Waals surface area (Å²) in [7, 11) is 2.81. The molecule has 1 aliphatic heterocycles. The van der Waals surface area contributed by atoms with Crippen LogP contribution in [0.15, 0.2) is 54.1 Å². The Kier molecular flexibility index (Phi) is 8.65. The van der Waals surface area contributed by atoms with Gasteiger partial charge in [0, 0.05) is 12.1 Å². The third kappa shape index (κ3) is 5.54. The number of hydrogen-bond donors (Lipinski definition) is 1. The normalized spacial score (nSPS) is 17.2. The quantitative estimate of drug-likeness (QED) is 0.240. The first-order valence-corrected chi connectivity index (χ1v) is 11.7. The molecule has 1 saturated heterocycles. The van der Waals surface area contributed by atoms with Crippen molar-refractivity contribution in [2.45, 2.75) is 26.3 Å². The summed E-state index contributed by atoms with van der Waals surface area (Å²) >= 11 is 0. The van der Waals surface area contributed by atoms with Crippen LogP contribution in [0.25, 0.3) is 5.76 Å². The fraction of sp³-hybridized carbons (Fsp3) is 0.370. The summed E-state index contributed by atoms with van der Waals surface area (Å²) in [5.41, 5.74) is 1.35. The second-order valence-electron chi connectivity index (χ2n) is 8.22. The van der Waals surface area contributed by atoms with Crippen LogP contribution in [0.1, 0.15) is 47.8 Å². The molecular formula is C27H32N2O6. The number of ketones is 1. The van der Waals surface area contributed by atoms with E-state index in [1.165, 1.54) is 19.1 Å². The molecule has 8 heteroatoms.